The van der Waals surface area contributed by atoms with Gasteiger partial charge in [0, 0.05) is 20.9 Å². The third-order valence-corrected chi connectivity index (χ3v) is 6.24. The van der Waals surface area contributed by atoms with E-state index in [2.05, 4.69) is 10.3 Å². The van der Waals surface area contributed by atoms with Crippen LogP contribution >= 0.6 is 57.9 Å². The Morgan fingerprint density at radius 1 is 1.04 bits per heavy atom. The minimum atomic E-state index is -0.180. The van der Waals surface area contributed by atoms with Crippen LogP contribution in [0, 0.1) is 0 Å². The SMILES string of the molecule is O=C(CSc1c(Cl)cccc1Cl)Nc1nc(-c2ccccc2Cl)cs1. The number of thiazole rings is 1. The number of aromatic nitrogens is 1. The van der Waals surface area contributed by atoms with Crippen molar-refractivity contribution >= 4 is 68.9 Å². The Morgan fingerprint density at radius 3 is 2.44 bits per heavy atom. The predicted octanol–water partition coefficient (Wildman–Crippen LogP) is 6.50. The van der Waals surface area contributed by atoms with E-state index in [-0.39, 0.29) is 11.7 Å². The Kier molecular flexibility index (Phi) is 6.25. The van der Waals surface area contributed by atoms with Crippen LogP contribution in [0.3, 0.4) is 0 Å². The van der Waals surface area contributed by atoms with E-state index in [1.807, 2.05) is 23.6 Å². The van der Waals surface area contributed by atoms with E-state index >= 15 is 0 Å². The number of anilines is 1. The maximum absolute atomic E-state index is 12.1. The van der Waals surface area contributed by atoms with Crippen LogP contribution in [-0.2, 0) is 4.79 Å². The molecule has 1 amide bonds. The standard InChI is InChI=1S/C17H11Cl3N2OS2/c18-11-5-2-1-4-10(11)14-8-25-17(21-14)22-15(23)9-24-16-12(19)6-3-7-13(16)20/h1-8H,9H2,(H,21,22,23). The quantitative estimate of drug-likeness (QED) is 0.471. The molecule has 3 nitrogen and oxygen atoms in total. The number of rotatable bonds is 5. The van der Waals surface area contributed by atoms with Crippen LogP contribution in [-0.4, -0.2) is 16.6 Å². The summed E-state index contributed by atoms with van der Waals surface area (Å²) < 4.78 is 0. The molecule has 128 valence electrons. The fraction of sp³-hybridized carbons (Fsp3) is 0.0588. The van der Waals surface area contributed by atoms with Gasteiger partial charge >= 0.3 is 0 Å². The van der Waals surface area contributed by atoms with Crippen molar-refractivity contribution in [3.63, 3.8) is 0 Å². The van der Waals surface area contributed by atoms with E-state index in [9.17, 15) is 4.79 Å². The molecule has 3 rings (SSSR count). The first-order valence-electron chi connectivity index (χ1n) is 7.11. The van der Waals surface area contributed by atoms with Gasteiger partial charge in [-0.05, 0) is 18.2 Å². The van der Waals surface area contributed by atoms with Gasteiger partial charge < -0.3 is 5.32 Å². The lowest BCUT2D eigenvalue weighted by atomic mass is 10.2. The van der Waals surface area contributed by atoms with Gasteiger partial charge in [-0.3, -0.25) is 4.79 Å². The summed E-state index contributed by atoms with van der Waals surface area (Å²) in [7, 11) is 0. The van der Waals surface area contributed by atoms with E-state index in [0.717, 1.165) is 11.3 Å². The molecule has 0 saturated carbocycles. The van der Waals surface area contributed by atoms with Gasteiger partial charge in [-0.2, -0.15) is 0 Å². The molecule has 0 spiro atoms. The van der Waals surface area contributed by atoms with Crippen molar-refractivity contribution in [1.82, 2.24) is 4.98 Å². The van der Waals surface area contributed by atoms with Crippen LogP contribution in [0.4, 0.5) is 5.13 Å². The number of benzene rings is 2. The Balaban J connectivity index is 1.63. The number of carbonyl (C=O) groups excluding carboxylic acids is 1. The smallest absolute Gasteiger partial charge is 0.236 e. The maximum atomic E-state index is 12.1. The number of nitrogens with one attached hydrogen (secondary N) is 1. The van der Waals surface area contributed by atoms with E-state index in [4.69, 9.17) is 34.8 Å². The monoisotopic (exact) mass is 428 g/mol. The molecule has 0 aliphatic heterocycles. The molecule has 1 N–H and O–H groups in total. The van der Waals surface area contributed by atoms with Gasteiger partial charge in [0.1, 0.15) is 0 Å². The molecule has 0 bridgehead atoms. The Bertz CT molecular complexity index is 894. The molecule has 0 aliphatic carbocycles. The summed E-state index contributed by atoms with van der Waals surface area (Å²) in [5, 5.41) is 6.83. The summed E-state index contributed by atoms with van der Waals surface area (Å²) in [4.78, 5) is 17.2. The third kappa shape index (κ3) is 4.68. The van der Waals surface area contributed by atoms with Crippen LogP contribution in [0.2, 0.25) is 15.1 Å². The lowest BCUT2D eigenvalue weighted by Gasteiger charge is -2.06. The molecule has 1 heterocycles. The number of thioether (sulfide) groups is 1. The zero-order valence-electron chi connectivity index (χ0n) is 12.6. The van der Waals surface area contributed by atoms with Crippen molar-refractivity contribution in [2.75, 3.05) is 11.1 Å². The van der Waals surface area contributed by atoms with Crippen LogP contribution in [0.25, 0.3) is 11.3 Å². The highest BCUT2D eigenvalue weighted by molar-refractivity contribution is 8.00. The lowest BCUT2D eigenvalue weighted by molar-refractivity contribution is -0.113. The van der Waals surface area contributed by atoms with E-state index < -0.39 is 0 Å². The molecule has 2 aromatic carbocycles. The third-order valence-electron chi connectivity index (χ3n) is 3.17. The summed E-state index contributed by atoms with van der Waals surface area (Å²) in [5.41, 5.74) is 1.56. The highest BCUT2D eigenvalue weighted by Gasteiger charge is 2.12. The first-order chi connectivity index (χ1) is 12.0. The minimum Gasteiger partial charge on any atom is -0.301 e. The highest BCUT2D eigenvalue weighted by atomic mass is 35.5. The first-order valence-corrected chi connectivity index (χ1v) is 10.1. The number of hydrogen-bond acceptors (Lipinski definition) is 4. The van der Waals surface area contributed by atoms with Crippen molar-refractivity contribution in [2.24, 2.45) is 0 Å². The number of halogens is 3. The zero-order chi connectivity index (χ0) is 17.8. The van der Waals surface area contributed by atoms with Crippen molar-refractivity contribution in [3.05, 3.63) is 62.9 Å². The zero-order valence-corrected chi connectivity index (χ0v) is 16.5. The van der Waals surface area contributed by atoms with Crippen LogP contribution < -0.4 is 5.32 Å². The van der Waals surface area contributed by atoms with Crippen LogP contribution in [0.1, 0.15) is 0 Å². The van der Waals surface area contributed by atoms with E-state index in [1.54, 1.807) is 24.3 Å². The Hall–Kier alpha value is -1.24. The van der Waals surface area contributed by atoms with Crippen LogP contribution in [0.15, 0.2) is 52.7 Å². The first kappa shape index (κ1) is 18.5. The lowest BCUT2D eigenvalue weighted by Crippen LogP contribution is -2.13. The van der Waals surface area contributed by atoms with E-state index in [0.29, 0.717) is 25.1 Å². The summed E-state index contributed by atoms with van der Waals surface area (Å²) >= 11 is 21.0. The number of amides is 1. The molecule has 0 saturated heterocycles. The summed E-state index contributed by atoms with van der Waals surface area (Å²) in [6.07, 6.45) is 0. The predicted molar refractivity (Wildman–Crippen MR) is 108 cm³/mol. The number of nitrogens with zero attached hydrogens (tertiary/aromatic N) is 1. The summed E-state index contributed by atoms with van der Waals surface area (Å²) in [5.74, 6) is 0.00539. The molecule has 1 aromatic heterocycles. The average Bonchev–Trinajstić information content (AvgIpc) is 3.03. The molecule has 0 fully saturated rings. The average molecular weight is 430 g/mol. The molecular weight excluding hydrogens is 419 g/mol. The number of hydrogen-bond donors (Lipinski definition) is 1. The minimum absolute atomic E-state index is 0.180. The summed E-state index contributed by atoms with van der Waals surface area (Å²) in [6, 6.07) is 12.7. The molecular formula is C17H11Cl3N2OS2. The molecule has 0 radical (unpaired) electrons. The van der Waals surface area contributed by atoms with Crippen molar-refractivity contribution in [1.29, 1.82) is 0 Å². The molecule has 3 aromatic rings. The van der Waals surface area contributed by atoms with Crippen molar-refractivity contribution < 1.29 is 4.79 Å². The molecule has 25 heavy (non-hydrogen) atoms. The van der Waals surface area contributed by atoms with Gasteiger partial charge in [0.2, 0.25) is 5.91 Å². The summed E-state index contributed by atoms with van der Waals surface area (Å²) in [6.45, 7) is 0. The van der Waals surface area contributed by atoms with Gasteiger partial charge in [0.25, 0.3) is 0 Å². The molecule has 0 aliphatic rings. The second kappa shape index (κ2) is 8.43. The second-order valence-corrected chi connectivity index (χ2v) is 7.97. The molecule has 8 heteroatoms. The van der Waals surface area contributed by atoms with Gasteiger partial charge in [0.15, 0.2) is 5.13 Å². The highest BCUT2D eigenvalue weighted by Crippen LogP contribution is 2.34. The van der Waals surface area contributed by atoms with Gasteiger partial charge in [0.05, 0.1) is 21.5 Å². The molecule has 0 unspecified atom stereocenters. The largest absolute Gasteiger partial charge is 0.301 e. The number of carbonyl (C=O) groups is 1. The fourth-order valence-electron chi connectivity index (χ4n) is 2.04. The van der Waals surface area contributed by atoms with E-state index in [1.165, 1.54) is 23.1 Å². The Morgan fingerprint density at radius 2 is 1.72 bits per heavy atom. The van der Waals surface area contributed by atoms with Crippen molar-refractivity contribution in [2.45, 2.75) is 4.90 Å². The normalized spacial score (nSPS) is 10.7. The van der Waals surface area contributed by atoms with Gasteiger partial charge in [-0.15, -0.1) is 23.1 Å². The maximum Gasteiger partial charge on any atom is 0.236 e. The molecule has 0 atom stereocenters. The Labute approximate surface area is 168 Å². The fourth-order valence-corrected chi connectivity index (χ4v) is 4.48. The topological polar surface area (TPSA) is 42.0 Å². The van der Waals surface area contributed by atoms with Gasteiger partial charge in [-0.25, -0.2) is 4.98 Å². The van der Waals surface area contributed by atoms with Gasteiger partial charge in [-0.1, -0.05) is 59.1 Å². The van der Waals surface area contributed by atoms with Crippen LogP contribution in [0.5, 0.6) is 0 Å². The second-order valence-electron chi connectivity index (χ2n) is 4.91. The van der Waals surface area contributed by atoms with Crippen molar-refractivity contribution in [3.8, 4) is 11.3 Å².